The maximum absolute atomic E-state index is 12.1. The molecule has 0 amide bonds. The molecular weight excluding hydrogens is 392 g/mol. The summed E-state index contributed by atoms with van der Waals surface area (Å²) in [6.45, 7) is 8.67. The Balaban J connectivity index is 1.99. The maximum atomic E-state index is 12.1. The van der Waals surface area contributed by atoms with E-state index in [1.807, 2.05) is 24.3 Å². The lowest BCUT2D eigenvalue weighted by Crippen LogP contribution is -2.04. The minimum Gasteiger partial charge on any atom is -0.423 e. The number of carbonyl (C=O) groups is 3. The summed E-state index contributed by atoms with van der Waals surface area (Å²) in [7, 11) is 0. The van der Waals surface area contributed by atoms with Crippen LogP contribution >= 0.6 is 23.5 Å². The van der Waals surface area contributed by atoms with Crippen LogP contribution in [-0.4, -0.2) is 16.2 Å². The molecule has 0 radical (unpaired) electrons. The Morgan fingerprint density at radius 3 is 1.75 bits per heavy atom. The number of allylic oxidation sites excluding steroid dienone is 1. The topological polar surface area (TPSA) is 60.4 Å². The van der Waals surface area contributed by atoms with Gasteiger partial charge in [0.1, 0.15) is 5.75 Å². The van der Waals surface area contributed by atoms with Crippen LogP contribution in [0.1, 0.15) is 12.5 Å². The van der Waals surface area contributed by atoms with Crippen molar-refractivity contribution < 1.29 is 19.1 Å². The van der Waals surface area contributed by atoms with E-state index >= 15 is 0 Å². The third kappa shape index (κ3) is 6.72. The first kappa shape index (κ1) is 21.5. The molecule has 4 nitrogen and oxygen atoms in total. The summed E-state index contributed by atoms with van der Waals surface area (Å²) in [4.78, 5) is 36.3. The van der Waals surface area contributed by atoms with Gasteiger partial charge >= 0.3 is 5.97 Å². The number of benzene rings is 2. The van der Waals surface area contributed by atoms with Gasteiger partial charge in [-0.05, 0) is 90.1 Å². The normalized spacial score (nSPS) is 10.8. The van der Waals surface area contributed by atoms with Crippen molar-refractivity contribution in [2.75, 3.05) is 0 Å². The average molecular weight is 411 g/mol. The van der Waals surface area contributed by atoms with E-state index in [0.717, 1.165) is 44.5 Å². The van der Waals surface area contributed by atoms with Crippen LogP contribution in [0.25, 0.3) is 5.57 Å². The SMILES string of the molecule is C=CC(=O)Sc1ccc(OC(=O)C=C(C)c2ccc(SC(=O)C=C)cc2)cc1. The van der Waals surface area contributed by atoms with Crippen molar-refractivity contribution >= 4 is 45.3 Å². The van der Waals surface area contributed by atoms with E-state index in [4.69, 9.17) is 4.74 Å². The molecule has 0 bridgehead atoms. The fraction of sp³-hybridized carbons (Fsp3) is 0.0455. The molecule has 2 rings (SSSR count). The molecule has 0 spiro atoms. The second-order valence-electron chi connectivity index (χ2n) is 5.49. The molecule has 2 aromatic rings. The molecule has 0 aliphatic rings. The van der Waals surface area contributed by atoms with Crippen LogP contribution in [0.15, 0.2) is 89.7 Å². The first-order valence-corrected chi connectivity index (χ1v) is 9.83. The summed E-state index contributed by atoms with van der Waals surface area (Å²) in [5.41, 5.74) is 1.59. The number of carbonyl (C=O) groups excluding carboxylic acids is 3. The van der Waals surface area contributed by atoms with Gasteiger partial charge in [-0.2, -0.15) is 0 Å². The monoisotopic (exact) mass is 410 g/mol. The smallest absolute Gasteiger partial charge is 0.336 e. The minimum absolute atomic E-state index is 0.123. The molecule has 0 atom stereocenters. The Morgan fingerprint density at radius 2 is 1.29 bits per heavy atom. The Bertz CT molecular complexity index is 926. The maximum Gasteiger partial charge on any atom is 0.336 e. The molecule has 0 saturated carbocycles. The molecule has 6 heteroatoms. The molecule has 0 fully saturated rings. The van der Waals surface area contributed by atoms with Gasteiger partial charge in [0.25, 0.3) is 0 Å². The Hall–Kier alpha value is -2.83. The molecule has 28 heavy (non-hydrogen) atoms. The van der Waals surface area contributed by atoms with Crippen molar-refractivity contribution in [3.63, 3.8) is 0 Å². The molecular formula is C22H18O4S2. The highest BCUT2D eigenvalue weighted by atomic mass is 32.2. The van der Waals surface area contributed by atoms with Crippen molar-refractivity contribution in [1.29, 1.82) is 0 Å². The molecule has 0 saturated heterocycles. The highest BCUT2D eigenvalue weighted by Gasteiger charge is 2.06. The summed E-state index contributed by atoms with van der Waals surface area (Å²) < 4.78 is 5.29. The van der Waals surface area contributed by atoms with Crippen molar-refractivity contribution in [2.45, 2.75) is 16.7 Å². The number of thioether (sulfide) groups is 2. The largest absolute Gasteiger partial charge is 0.423 e. The Labute approximate surface area is 172 Å². The van der Waals surface area contributed by atoms with Crippen LogP contribution in [0.5, 0.6) is 5.75 Å². The molecule has 0 heterocycles. The van der Waals surface area contributed by atoms with Gasteiger partial charge in [0.15, 0.2) is 0 Å². The fourth-order valence-corrected chi connectivity index (χ4v) is 3.26. The minimum atomic E-state index is -0.500. The van der Waals surface area contributed by atoms with E-state index in [9.17, 15) is 14.4 Å². The van der Waals surface area contributed by atoms with Crippen LogP contribution in [0.4, 0.5) is 0 Å². The van der Waals surface area contributed by atoms with Gasteiger partial charge in [-0.25, -0.2) is 4.79 Å². The number of ether oxygens (including phenoxy) is 1. The first-order valence-electron chi connectivity index (χ1n) is 8.20. The van der Waals surface area contributed by atoms with Gasteiger partial charge in [0, 0.05) is 15.9 Å². The summed E-state index contributed by atoms with van der Waals surface area (Å²) in [5.74, 6) is -0.112. The molecule has 0 aliphatic carbocycles. The average Bonchev–Trinajstić information content (AvgIpc) is 2.69. The second kappa shape index (κ2) is 10.5. The van der Waals surface area contributed by atoms with Gasteiger partial charge in [-0.15, -0.1) is 0 Å². The predicted molar refractivity (Wildman–Crippen MR) is 114 cm³/mol. The highest BCUT2D eigenvalue weighted by Crippen LogP contribution is 2.24. The van der Waals surface area contributed by atoms with Crippen molar-refractivity contribution in [2.24, 2.45) is 0 Å². The third-order valence-electron chi connectivity index (χ3n) is 3.46. The van der Waals surface area contributed by atoms with Crippen LogP contribution in [-0.2, 0) is 14.4 Å². The zero-order valence-electron chi connectivity index (χ0n) is 15.2. The molecule has 0 aromatic heterocycles. The van der Waals surface area contributed by atoms with Crippen LogP contribution in [0.3, 0.4) is 0 Å². The summed E-state index contributed by atoms with van der Waals surface area (Å²) in [6.07, 6.45) is 3.91. The highest BCUT2D eigenvalue weighted by molar-refractivity contribution is 8.14. The van der Waals surface area contributed by atoms with E-state index in [-0.39, 0.29) is 10.2 Å². The predicted octanol–water partition coefficient (Wildman–Crippen LogP) is 5.30. The van der Waals surface area contributed by atoms with Gasteiger partial charge in [-0.3, -0.25) is 9.59 Å². The summed E-state index contributed by atoms with van der Waals surface area (Å²) in [6, 6.07) is 13.9. The van der Waals surface area contributed by atoms with Gasteiger partial charge in [0.2, 0.25) is 10.2 Å². The molecule has 2 aromatic carbocycles. The van der Waals surface area contributed by atoms with E-state index in [0.29, 0.717) is 5.75 Å². The summed E-state index contributed by atoms with van der Waals surface area (Å²) >= 11 is 2.14. The third-order valence-corrected chi connectivity index (χ3v) is 5.21. The number of esters is 1. The number of rotatable bonds is 7. The van der Waals surface area contributed by atoms with E-state index in [1.165, 1.54) is 18.2 Å². The lowest BCUT2D eigenvalue weighted by Gasteiger charge is -2.05. The van der Waals surface area contributed by atoms with Gasteiger partial charge < -0.3 is 4.74 Å². The molecule has 0 unspecified atom stereocenters. The van der Waals surface area contributed by atoms with Crippen molar-refractivity contribution in [3.05, 3.63) is 85.5 Å². The number of hydrogen-bond acceptors (Lipinski definition) is 6. The molecule has 142 valence electrons. The van der Waals surface area contributed by atoms with E-state index < -0.39 is 5.97 Å². The summed E-state index contributed by atoms with van der Waals surface area (Å²) in [5, 5.41) is -0.275. The van der Waals surface area contributed by atoms with Crippen LogP contribution < -0.4 is 4.74 Å². The van der Waals surface area contributed by atoms with Gasteiger partial charge in [0.05, 0.1) is 0 Å². The lowest BCUT2D eigenvalue weighted by atomic mass is 10.1. The van der Waals surface area contributed by atoms with Crippen molar-refractivity contribution in [1.82, 2.24) is 0 Å². The quantitative estimate of drug-likeness (QED) is 0.267. The van der Waals surface area contributed by atoms with Crippen molar-refractivity contribution in [3.8, 4) is 5.75 Å². The zero-order chi connectivity index (χ0) is 20.5. The lowest BCUT2D eigenvalue weighted by molar-refractivity contribution is -0.129. The van der Waals surface area contributed by atoms with Crippen LogP contribution in [0.2, 0.25) is 0 Å². The zero-order valence-corrected chi connectivity index (χ0v) is 16.8. The van der Waals surface area contributed by atoms with Gasteiger partial charge in [-0.1, -0.05) is 25.3 Å². The number of hydrogen-bond donors (Lipinski definition) is 0. The standard InChI is InChI=1S/C22H18O4S2/c1-4-21(24)27-18-10-6-16(7-11-18)15(3)14-20(23)26-17-8-12-19(13-9-17)28-22(25)5-2/h4-14H,1-2H2,3H3. The molecule has 0 N–H and O–H groups in total. The molecule has 0 aliphatic heterocycles. The first-order chi connectivity index (χ1) is 13.4. The second-order valence-corrected chi connectivity index (χ2v) is 7.65. The van der Waals surface area contributed by atoms with E-state index in [2.05, 4.69) is 13.2 Å². The Morgan fingerprint density at radius 1 is 0.821 bits per heavy atom. The Kier molecular flexibility index (Phi) is 8.04. The van der Waals surface area contributed by atoms with Crippen LogP contribution in [0, 0.1) is 0 Å². The van der Waals surface area contributed by atoms with E-state index in [1.54, 1.807) is 31.2 Å². The fourth-order valence-electron chi connectivity index (χ4n) is 2.08.